The number of hydrogen-bond acceptors (Lipinski definition) is 3. The second-order valence-electron chi connectivity index (χ2n) is 4.46. The summed E-state index contributed by atoms with van der Waals surface area (Å²) in [5.41, 5.74) is 0. The van der Waals surface area contributed by atoms with E-state index in [0.717, 1.165) is 12.5 Å². The van der Waals surface area contributed by atoms with Crippen molar-refractivity contribution >= 4 is 0 Å². The molecule has 0 amide bonds. The largest absolute Gasteiger partial charge is 0.356 e. The van der Waals surface area contributed by atoms with Crippen LogP contribution in [0.2, 0.25) is 0 Å². The molecule has 1 saturated carbocycles. The summed E-state index contributed by atoms with van der Waals surface area (Å²) < 4.78 is 10.7. The molecule has 0 aromatic carbocycles. The van der Waals surface area contributed by atoms with E-state index in [9.17, 15) is 0 Å². The van der Waals surface area contributed by atoms with E-state index in [4.69, 9.17) is 9.47 Å². The third kappa shape index (κ3) is 2.94. The summed E-state index contributed by atoms with van der Waals surface area (Å²) in [6.07, 6.45) is 3.85. The highest BCUT2D eigenvalue weighted by molar-refractivity contribution is 4.81. The SMILES string of the molecule is COC(OC)[C@@H]1CCC[C@@H]1CN(C)C. The van der Waals surface area contributed by atoms with Crippen LogP contribution in [0.15, 0.2) is 0 Å². The third-order valence-corrected chi connectivity index (χ3v) is 3.13. The molecule has 1 fully saturated rings. The fraction of sp³-hybridized carbons (Fsp3) is 1.00. The molecule has 1 aliphatic carbocycles. The van der Waals surface area contributed by atoms with Gasteiger partial charge in [-0.3, -0.25) is 0 Å². The maximum Gasteiger partial charge on any atom is 0.159 e. The molecular formula is C11H23NO2. The Morgan fingerprint density at radius 2 is 1.86 bits per heavy atom. The van der Waals surface area contributed by atoms with Crippen molar-refractivity contribution in [1.29, 1.82) is 0 Å². The minimum absolute atomic E-state index is 0.0116. The van der Waals surface area contributed by atoms with Gasteiger partial charge in [0.05, 0.1) is 0 Å². The summed E-state index contributed by atoms with van der Waals surface area (Å²) in [6, 6.07) is 0. The molecule has 0 unspecified atom stereocenters. The fourth-order valence-electron chi connectivity index (χ4n) is 2.57. The number of ether oxygens (including phenoxy) is 2. The van der Waals surface area contributed by atoms with Crippen molar-refractivity contribution < 1.29 is 9.47 Å². The van der Waals surface area contributed by atoms with Gasteiger partial charge in [0.25, 0.3) is 0 Å². The van der Waals surface area contributed by atoms with Crippen molar-refractivity contribution in [3.05, 3.63) is 0 Å². The lowest BCUT2D eigenvalue weighted by Crippen LogP contribution is -2.33. The Balaban J connectivity index is 2.49. The van der Waals surface area contributed by atoms with Gasteiger partial charge < -0.3 is 14.4 Å². The molecule has 1 rings (SSSR count). The average molecular weight is 201 g/mol. The monoisotopic (exact) mass is 201 g/mol. The van der Waals surface area contributed by atoms with Crippen molar-refractivity contribution in [2.45, 2.75) is 25.6 Å². The molecule has 1 aliphatic rings. The highest BCUT2D eigenvalue weighted by Gasteiger charge is 2.34. The molecule has 0 radical (unpaired) electrons. The van der Waals surface area contributed by atoms with E-state index in [0.29, 0.717) is 5.92 Å². The predicted molar refractivity (Wildman–Crippen MR) is 57.2 cm³/mol. The van der Waals surface area contributed by atoms with Crippen LogP contribution in [-0.2, 0) is 9.47 Å². The predicted octanol–water partition coefficient (Wildman–Crippen LogP) is 1.58. The molecule has 84 valence electrons. The lowest BCUT2D eigenvalue weighted by molar-refractivity contribution is -0.145. The van der Waals surface area contributed by atoms with Crippen molar-refractivity contribution in [2.75, 3.05) is 34.9 Å². The van der Waals surface area contributed by atoms with Crippen molar-refractivity contribution in [3.8, 4) is 0 Å². The van der Waals surface area contributed by atoms with Crippen LogP contribution in [-0.4, -0.2) is 46.0 Å². The van der Waals surface area contributed by atoms with Crippen molar-refractivity contribution in [3.63, 3.8) is 0 Å². The first-order chi connectivity index (χ1) is 6.69. The van der Waals surface area contributed by atoms with Crippen molar-refractivity contribution in [2.24, 2.45) is 11.8 Å². The number of nitrogens with zero attached hydrogens (tertiary/aromatic N) is 1. The zero-order chi connectivity index (χ0) is 10.6. The van der Waals surface area contributed by atoms with Gasteiger partial charge in [-0.25, -0.2) is 0 Å². The average Bonchev–Trinajstić information content (AvgIpc) is 2.55. The molecule has 0 aliphatic heterocycles. The van der Waals surface area contributed by atoms with E-state index in [-0.39, 0.29) is 6.29 Å². The van der Waals surface area contributed by atoms with Crippen LogP contribution >= 0.6 is 0 Å². The maximum atomic E-state index is 5.35. The Bertz CT molecular complexity index is 157. The van der Waals surface area contributed by atoms with E-state index >= 15 is 0 Å². The van der Waals surface area contributed by atoms with E-state index in [1.54, 1.807) is 14.2 Å². The summed E-state index contributed by atoms with van der Waals surface area (Å²) in [6.45, 7) is 1.15. The molecule has 0 aromatic rings. The molecule has 0 aromatic heterocycles. The van der Waals surface area contributed by atoms with Gasteiger partial charge in [0.2, 0.25) is 0 Å². The van der Waals surface area contributed by atoms with Gasteiger partial charge in [0.15, 0.2) is 6.29 Å². The molecule has 3 heteroatoms. The first-order valence-corrected chi connectivity index (χ1v) is 5.39. The molecule has 0 heterocycles. The topological polar surface area (TPSA) is 21.7 Å². The highest BCUT2D eigenvalue weighted by atomic mass is 16.7. The standard InChI is InChI=1S/C11H23NO2/c1-12(2)8-9-6-5-7-10(9)11(13-3)14-4/h9-11H,5-8H2,1-4H3/t9-,10-/m1/s1. The van der Waals surface area contributed by atoms with Gasteiger partial charge in [-0.2, -0.15) is 0 Å². The van der Waals surface area contributed by atoms with Crippen LogP contribution < -0.4 is 0 Å². The van der Waals surface area contributed by atoms with Crippen LogP contribution in [0.5, 0.6) is 0 Å². The molecule has 0 spiro atoms. The summed E-state index contributed by atoms with van der Waals surface area (Å²) >= 11 is 0. The summed E-state index contributed by atoms with van der Waals surface area (Å²) in [4.78, 5) is 2.26. The Hall–Kier alpha value is -0.120. The Kier molecular flexibility index (Phi) is 4.85. The number of rotatable bonds is 5. The maximum absolute atomic E-state index is 5.35. The van der Waals surface area contributed by atoms with Crippen LogP contribution in [0.3, 0.4) is 0 Å². The second kappa shape index (κ2) is 5.69. The summed E-state index contributed by atoms with van der Waals surface area (Å²) in [5, 5.41) is 0. The minimum atomic E-state index is -0.0116. The van der Waals surface area contributed by atoms with Crippen molar-refractivity contribution in [1.82, 2.24) is 4.90 Å². The molecule has 0 bridgehead atoms. The van der Waals surface area contributed by atoms with E-state index in [2.05, 4.69) is 19.0 Å². The molecule has 14 heavy (non-hydrogen) atoms. The summed E-state index contributed by atoms with van der Waals surface area (Å²) in [7, 11) is 7.73. The van der Waals surface area contributed by atoms with E-state index < -0.39 is 0 Å². The number of hydrogen-bond donors (Lipinski definition) is 0. The zero-order valence-corrected chi connectivity index (χ0v) is 9.82. The molecule has 0 saturated heterocycles. The molecule has 3 nitrogen and oxygen atoms in total. The normalized spacial score (nSPS) is 27.9. The lowest BCUT2D eigenvalue weighted by Gasteiger charge is -2.28. The van der Waals surface area contributed by atoms with Gasteiger partial charge in [-0.15, -0.1) is 0 Å². The Morgan fingerprint density at radius 3 is 2.36 bits per heavy atom. The van der Waals surface area contributed by atoms with Gasteiger partial charge in [0, 0.05) is 26.7 Å². The highest BCUT2D eigenvalue weighted by Crippen LogP contribution is 2.35. The van der Waals surface area contributed by atoms with Crippen LogP contribution in [0.25, 0.3) is 0 Å². The Morgan fingerprint density at radius 1 is 1.21 bits per heavy atom. The van der Waals surface area contributed by atoms with Gasteiger partial charge >= 0.3 is 0 Å². The first-order valence-electron chi connectivity index (χ1n) is 5.39. The lowest BCUT2D eigenvalue weighted by atomic mass is 9.95. The van der Waals surface area contributed by atoms with E-state index in [1.165, 1.54) is 19.3 Å². The van der Waals surface area contributed by atoms with Crippen LogP contribution in [0.1, 0.15) is 19.3 Å². The Labute approximate surface area is 87.4 Å². The third-order valence-electron chi connectivity index (χ3n) is 3.13. The van der Waals surface area contributed by atoms with Gasteiger partial charge in [-0.05, 0) is 32.9 Å². The van der Waals surface area contributed by atoms with Crippen LogP contribution in [0.4, 0.5) is 0 Å². The number of methoxy groups -OCH3 is 2. The molecule has 0 N–H and O–H groups in total. The minimum Gasteiger partial charge on any atom is -0.356 e. The van der Waals surface area contributed by atoms with Gasteiger partial charge in [0.1, 0.15) is 0 Å². The summed E-state index contributed by atoms with van der Waals surface area (Å²) in [5.74, 6) is 1.31. The smallest absolute Gasteiger partial charge is 0.159 e. The zero-order valence-electron chi connectivity index (χ0n) is 9.82. The quantitative estimate of drug-likeness (QED) is 0.630. The molecular weight excluding hydrogens is 178 g/mol. The van der Waals surface area contributed by atoms with Crippen LogP contribution in [0, 0.1) is 11.8 Å². The molecule has 2 atom stereocenters. The van der Waals surface area contributed by atoms with Gasteiger partial charge in [-0.1, -0.05) is 6.42 Å². The first kappa shape index (κ1) is 12.0. The fourth-order valence-corrected chi connectivity index (χ4v) is 2.57. The van der Waals surface area contributed by atoms with E-state index in [1.807, 2.05) is 0 Å². The second-order valence-corrected chi connectivity index (χ2v) is 4.46.